The Balaban J connectivity index is 3.56. The highest BCUT2D eigenvalue weighted by Gasteiger charge is 2.19. The van der Waals surface area contributed by atoms with Crippen LogP contribution in [0.2, 0.25) is 19.1 Å². The van der Waals surface area contributed by atoms with Crippen molar-refractivity contribution in [1.29, 1.82) is 0 Å². The average Bonchev–Trinajstić information content (AvgIpc) is 1.59. The van der Waals surface area contributed by atoms with Crippen molar-refractivity contribution in [1.82, 2.24) is 0 Å². The van der Waals surface area contributed by atoms with Crippen molar-refractivity contribution in [2.45, 2.75) is 32.5 Å². The molecule has 0 aromatic rings. The molecule has 1 unspecified atom stereocenters. The Hall–Kier alpha value is -0.0831. The van der Waals surface area contributed by atoms with E-state index in [2.05, 4.69) is 13.5 Å². The standard InChI is InChI=1S/C8H18OSi/c1-5-6-8(2)7-10(3,4)9/h5,8-9H,1,6-7H2,2-4H3. The summed E-state index contributed by atoms with van der Waals surface area (Å²) < 4.78 is 0. The zero-order valence-corrected chi connectivity index (χ0v) is 8.22. The SMILES string of the molecule is C=CCC(C)C[Si](C)(C)O. The summed E-state index contributed by atoms with van der Waals surface area (Å²) in [6.45, 7) is 9.78. The highest BCUT2D eigenvalue weighted by Crippen LogP contribution is 2.16. The van der Waals surface area contributed by atoms with Gasteiger partial charge in [-0.05, 0) is 31.5 Å². The number of hydrogen-bond donors (Lipinski definition) is 1. The van der Waals surface area contributed by atoms with Crippen LogP contribution < -0.4 is 0 Å². The van der Waals surface area contributed by atoms with Crippen LogP contribution in [0.4, 0.5) is 0 Å². The molecule has 0 aromatic heterocycles. The van der Waals surface area contributed by atoms with Gasteiger partial charge in [0.1, 0.15) is 0 Å². The number of allylic oxidation sites excluding steroid dienone is 1. The molecular formula is C8H18OSi. The fourth-order valence-electron chi connectivity index (χ4n) is 1.22. The molecule has 1 N–H and O–H groups in total. The maximum atomic E-state index is 9.52. The van der Waals surface area contributed by atoms with E-state index in [1.165, 1.54) is 0 Å². The zero-order valence-electron chi connectivity index (χ0n) is 7.22. The molecule has 0 saturated heterocycles. The van der Waals surface area contributed by atoms with Crippen LogP contribution in [0, 0.1) is 5.92 Å². The van der Waals surface area contributed by atoms with E-state index in [9.17, 15) is 4.80 Å². The van der Waals surface area contributed by atoms with E-state index in [4.69, 9.17) is 0 Å². The molecule has 10 heavy (non-hydrogen) atoms. The summed E-state index contributed by atoms with van der Waals surface area (Å²) >= 11 is 0. The molecule has 1 nitrogen and oxygen atoms in total. The van der Waals surface area contributed by atoms with Gasteiger partial charge in [-0.2, -0.15) is 0 Å². The van der Waals surface area contributed by atoms with Crippen LogP contribution in [-0.4, -0.2) is 13.1 Å². The minimum Gasteiger partial charge on any atom is -0.432 e. The predicted octanol–water partition coefficient (Wildman–Crippen LogP) is 2.40. The maximum Gasteiger partial charge on any atom is 0.182 e. The minimum absolute atomic E-state index is 0.601. The van der Waals surface area contributed by atoms with Crippen LogP contribution in [-0.2, 0) is 0 Å². The molecule has 0 aromatic carbocycles. The summed E-state index contributed by atoms with van der Waals surface area (Å²) in [7, 11) is -1.81. The first-order valence-electron chi connectivity index (χ1n) is 3.79. The minimum atomic E-state index is -1.81. The smallest absolute Gasteiger partial charge is 0.182 e. The van der Waals surface area contributed by atoms with Crippen LogP contribution in [0.3, 0.4) is 0 Å². The summed E-state index contributed by atoms with van der Waals surface area (Å²) in [5.74, 6) is 0.601. The predicted molar refractivity (Wildman–Crippen MR) is 48.5 cm³/mol. The van der Waals surface area contributed by atoms with Gasteiger partial charge < -0.3 is 4.80 Å². The molecule has 0 aliphatic rings. The molecule has 0 amide bonds. The van der Waals surface area contributed by atoms with Crippen LogP contribution >= 0.6 is 0 Å². The summed E-state index contributed by atoms with van der Waals surface area (Å²) in [6.07, 6.45) is 2.95. The molecule has 0 aliphatic carbocycles. The van der Waals surface area contributed by atoms with Crippen molar-refractivity contribution in [3.05, 3.63) is 12.7 Å². The molecule has 0 fully saturated rings. The fourth-order valence-corrected chi connectivity index (χ4v) is 3.09. The Morgan fingerprint density at radius 2 is 2.10 bits per heavy atom. The van der Waals surface area contributed by atoms with Crippen molar-refractivity contribution in [3.63, 3.8) is 0 Å². The van der Waals surface area contributed by atoms with Crippen LogP contribution in [0.25, 0.3) is 0 Å². The molecular weight excluding hydrogens is 140 g/mol. The summed E-state index contributed by atoms with van der Waals surface area (Å²) in [5, 5.41) is 0. The Kier molecular flexibility index (Phi) is 3.90. The van der Waals surface area contributed by atoms with Gasteiger partial charge in [0.2, 0.25) is 0 Å². The normalized spacial score (nSPS) is 14.8. The monoisotopic (exact) mass is 158 g/mol. The first kappa shape index (κ1) is 9.92. The van der Waals surface area contributed by atoms with Crippen LogP contribution in [0.1, 0.15) is 13.3 Å². The molecule has 0 spiro atoms. The molecule has 0 radical (unpaired) electrons. The second-order valence-electron chi connectivity index (χ2n) is 3.65. The lowest BCUT2D eigenvalue weighted by atomic mass is 10.1. The van der Waals surface area contributed by atoms with E-state index in [-0.39, 0.29) is 0 Å². The lowest BCUT2D eigenvalue weighted by molar-refractivity contribution is 0.517. The van der Waals surface area contributed by atoms with Crippen molar-refractivity contribution in [3.8, 4) is 0 Å². The Labute approximate surface area is 64.9 Å². The number of hydrogen-bond acceptors (Lipinski definition) is 1. The first-order valence-corrected chi connectivity index (χ1v) is 6.94. The molecule has 0 heterocycles. The van der Waals surface area contributed by atoms with Gasteiger partial charge >= 0.3 is 0 Å². The van der Waals surface area contributed by atoms with E-state index in [0.29, 0.717) is 5.92 Å². The lowest BCUT2D eigenvalue weighted by Crippen LogP contribution is -2.27. The topological polar surface area (TPSA) is 20.2 Å². The second-order valence-corrected chi connectivity index (χ2v) is 7.68. The van der Waals surface area contributed by atoms with E-state index < -0.39 is 8.32 Å². The molecule has 0 rings (SSSR count). The largest absolute Gasteiger partial charge is 0.432 e. The highest BCUT2D eigenvalue weighted by molar-refractivity contribution is 6.69. The third-order valence-corrected chi connectivity index (χ3v) is 3.11. The van der Waals surface area contributed by atoms with Gasteiger partial charge in [0.15, 0.2) is 8.32 Å². The summed E-state index contributed by atoms with van der Waals surface area (Å²) in [6, 6.07) is 0.985. The van der Waals surface area contributed by atoms with E-state index in [0.717, 1.165) is 12.5 Å². The molecule has 60 valence electrons. The van der Waals surface area contributed by atoms with E-state index in [1.807, 2.05) is 19.2 Å². The van der Waals surface area contributed by atoms with Crippen molar-refractivity contribution >= 4 is 8.32 Å². The lowest BCUT2D eigenvalue weighted by Gasteiger charge is -2.17. The zero-order chi connectivity index (χ0) is 8.20. The average molecular weight is 158 g/mol. The van der Waals surface area contributed by atoms with Gasteiger partial charge in [0, 0.05) is 0 Å². The van der Waals surface area contributed by atoms with Gasteiger partial charge in [-0.3, -0.25) is 0 Å². The van der Waals surface area contributed by atoms with E-state index in [1.54, 1.807) is 0 Å². The Bertz CT molecular complexity index is 104. The number of rotatable bonds is 4. The quantitative estimate of drug-likeness (QED) is 0.492. The van der Waals surface area contributed by atoms with E-state index >= 15 is 0 Å². The van der Waals surface area contributed by atoms with Gasteiger partial charge in [-0.25, -0.2) is 0 Å². The molecule has 0 saturated carbocycles. The molecule has 0 bridgehead atoms. The molecule has 2 heteroatoms. The van der Waals surface area contributed by atoms with Crippen molar-refractivity contribution in [2.24, 2.45) is 5.92 Å². The summed E-state index contributed by atoms with van der Waals surface area (Å²) in [4.78, 5) is 9.52. The van der Waals surface area contributed by atoms with Gasteiger partial charge in [0.05, 0.1) is 0 Å². The van der Waals surface area contributed by atoms with Gasteiger partial charge in [-0.1, -0.05) is 13.0 Å². The maximum absolute atomic E-state index is 9.52. The third kappa shape index (κ3) is 6.04. The van der Waals surface area contributed by atoms with Gasteiger partial charge in [-0.15, -0.1) is 6.58 Å². The third-order valence-electron chi connectivity index (χ3n) is 1.42. The van der Waals surface area contributed by atoms with Crippen molar-refractivity contribution < 1.29 is 4.80 Å². The fraction of sp³-hybridized carbons (Fsp3) is 0.750. The summed E-state index contributed by atoms with van der Waals surface area (Å²) in [5.41, 5.74) is 0. The Morgan fingerprint density at radius 3 is 2.40 bits per heavy atom. The first-order chi connectivity index (χ1) is 4.45. The highest BCUT2D eigenvalue weighted by atomic mass is 28.4. The Morgan fingerprint density at radius 1 is 1.60 bits per heavy atom. The van der Waals surface area contributed by atoms with Gasteiger partial charge in [0.25, 0.3) is 0 Å². The van der Waals surface area contributed by atoms with Crippen LogP contribution in [0.5, 0.6) is 0 Å². The molecule has 0 aliphatic heterocycles. The second kappa shape index (κ2) is 3.94. The molecule has 1 atom stereocenters. The van der Waals surface area contributed by atoms with Crippen LogP contribution in [0.15, 0.2) is 12.7 Å². The van der Waals surface area contributed by atoms with Crippen molar-refractivity contribution in [2.75, 3.05) is 0 Å².